The van der Waals surface area contributed by atoms with Crippen LogP contribution in [0, 0.1) is 0 Å². The average Bonchev–Trinajstić information content (AvgIpc) is 3.17. The van der Waals surface area contributed by atoms with Crippen molar-refractivity contribution >= 4 is 33.9 Å². The van der Waals surface area contributed by atoms with Crippen LogP contribution >= 0.6 is 0 Å². The summed E-state index contributed by atoms with van der Waals surface area (Å²) in [5.41, 5.74) is 12.0. The first-order valence-electron chi connectivity index (χ1n) is 11.1. The van der Waals surface area contributed by atoms with E-state index in [1.54, 1.807) is 13.3 Å². The molecule has 1 aliphatic heterocycles. The highest BCUT2D eigenvalue weighted by Crippen LogP contribution is 2.37. The molecule has 2 aromatic heterocycles. The molecule has 8 heteroatoms. The summed E-state index contributed by atoms with van der Waals surface area (Å²) in [7, 11) is 5.85. The van der Waals surface area contributed by atoms with Gasteiger partial charge in [0.2, 0.25) is 5.95 Å². The number of nitrogens with one attached hydrogen (secondary N) is 1. The zero-order valence-electron chi connectivity index (χ0n) is 19.2. The van der Waals surface area contributed by atoms with E-state index >= 15 is 0 Å². The first-order chi connectivity index (χ1) is 16.0. The highest BCUT2D eigenvalue weighted by Gasteiger charge is 2.19. The Balaban J connectivity index is 1.45. The van der Waals surface area contributed by atoms with Crippen molar-refractivity contribution < 1.29 is 4.74 Å². The fourth-order valence-corrected chi connectivity index (χ4v) is 4.41. The van der Waals surface area contributed by atoms with E-state index in [1.165, 1.54) is 0 Å². The van der Waals surface area contributed by atoms with Crippen molar-refractivity contribution in [3.05, 3.63) is 54.9 Å². The monoisotopic (exact) mass is 443 g/mol. The second-order valence-corrected chi connectivity index (χ2v) is 8.46. The molecular formula is C25H29N7O. The first kappa shape index (κ1) is 21.1. The quantitative estimate of drug-likeness (QED) is 0.455. The van der Waals surface area contributed by atoms with Gasteiger partial charge in [0.25, 0.3) is 0 Å². The number of piperazine rings is 1. The predicted molar refractivity (Wildman–Crippen MR) is 134 cm³/mol. The van der Waals surface area contributed by atoms with Crippen LogP contribution in [-0.4, -0.2) is 59.8 Å². The number of nitrogens with zero attached hydrogens (tertiary/aromatic N) is 5. The number of likely N-dealkylation sites (N-methyl/N-ethyl adjacent to an activating group) is 1. The minimum atomic E-state index is 0.491. The van der Waals surface area contributed by atoms with E-state index in [0.717, 1.165) is 59.7 Å². The van der Waals surface area contributed by atoms with Gasteiger partial charge in [0.1, 0.15) is 5.75 Å². The smallest absolute Gasteiger partial charge is 0.227 e. The molecule has 2 aromatic carbocycles. The number of nitrogens with two attached hydrogens (primary N) is 1. The van der Waals surface area contributed by atoms with Gasteiger partial charge in [-0.25, -0.2) is 9.97 Å². The second-order valence-electron chi connectivity index (χ2n) is 8.46. The molecule has 0 saturated carbocycles. The van der Waals surface area contributed by atoms with Crippen molar-refractivity contribution in [3.8, 4) is 17.0 Å². The number of para-hydroxylation sites is 1. The maximum absolute atomic E-state index is 6.46. The lowest BCUT2D eigenvalue weighted by molar-refractivity contribution is 0.313. The third kappa shape index (κ3) is 4.05. The minimum Gasteiger partial charge on any atom is -0.494 e. The minimum absolute atomic E-state index is 0.491. The van der Waals surface area contributed by atoms with Gasteiger partial charge in [-0.3, -0.25) is 0 Å². The van der Waals surface area contributed by atoms with Crippen LogP contribution < -0.4 is 20.7 Å². The molecule has 0 radical (unpaired) electrons. The highest BCUT2D eigenvalue weighted by molar-refractivity contribution is 5.95. The van der Waals surface area contributed by atoms with Crippen LogP contribution in [0.4, 0.5) is 23.0 Å². The summed E-state index contributed by atoms with van der Waals surface area (Å²) in [5.74, 6) is 1.20. The van der Waals surface area contributed by atoms with E-state index in [1.807, 2.05) is 37.4 Å². The number of anilines is 4. The summed E-state index contributed by atoms with van der Waals surface area (Å²) in [6, 6.07) is 14.1. The van der Waals surface area contributed by atoms with Gasteiger partial charge in [0.05, 0.1) is 29.9 Å². The number of ether oxygens (including phenoxy) is 1. The summed E-state index contributed by atoms with van der Waals surface area (Å²) in [5, 5.41) is 4.46. The van der Waals surface area contributed by atoms with E-state index in [9.17, 15) is 0 Å². The Hall–Kier alpha value is -3.78. The van der Waals surface area contributed by atoms with Crippen molar-refractivity contribution in [2.45, 2.75) is 0 Å². The van der Waals surface area contributed by atoms with Crippen LogP contribution in [0.1, 0.15) is 0 Å². The Labute approximate surface area is 193 Å². The fourth-order valence-electron chi connectivity index (χ4n) is 4.41. The molecule has 0 unspecified atom stereocenters. The molecule has 1 fully saturated rings. The SMILES string of the molecule is COc1cc(N2CCN(C)CC2)c(N)cc1Nc1nccc(-c2cn(C)c3ccccc23)n1. The van der Waals surface area contributed by atoms with Crippen LogP contribution in [0.5, 0.6) is 5.75 Å². The summed E-state index contributed by atoms with van der Waals surface area (Å²) in [6.45, 7) is 3.90. The van der Waals surface area contributed by atoms with Gasteiger partial charge in [0, 0.05) is 68.2 Å². The largest absolute Gasteiger partial charge is 0.494 e. The molecule has 0 amide bonds. The maximum atomic E-state index is 6.46. The average molecular weight is 444 g/mol. The third-order valence-corrected chi connectivity index (χ3v) is 6.27. The molecule has 5 rings (SSSR count). The molecule has 1 aliphatic rings. The fraction of sp³-hybridized carbons (Fsp3) is 0.280. The number of hydrogen-bond donors (Lipinski definition) is 2. The molecule has 0 atom stereocenters. The second kappa shape index (κ2) is 8.63. The Bertz CT molecular complexity index is 1290. The third-order valence-electron chi connectivity index (χ3n) is 6.27. The van der Waals surface area contributed by atoms with Crippen LogP contribution in [0.15, 0.2) is 54.9 Å². The highest BCUT2D eigenvalue weighted by atomic mass is 16.5. The first-order valence-corrected chi connectivity index (χ1v) is 11.1. The van der Waals surface area contributed by atoms with Gasteiger partial charge in [-0.05, 0) is 25.2 Å². The van der Waals surface area contributed by atoms with Gasteiger partial charge in [-0.15, -0.1) is 0 Å². The molecule has 33 heavy (non-hydrogen) atoms. The molecule has 3 N–H and O–H groups in total. The molecule has 3 heterocycles. The number of benzene rings is 2. The van der Waals surface area contributed by atoms with Crippen molar-refractivity contribution in [1.82, 2.24) is 19.4 Å². The molecule has 0 aliphatic carbocycles. The molecular weight excluding hydrogens is 414 g/mol. The molecule has 1 saturated heterocycles. The van der Waals surface area contributed by atoms with Crippen LogP contribution in [-0.2, 0) is 7.05 Å². The van der Waals surface area contributed by atoms with Crippen LogP contribution in [0.3, 0.4) is 0 Å². The van der Waals surface area contributed by atoms with Crippen LogP contribution in [0.2, 0.25) is 0 Å². The number of aryl methyl sites for hydroxylation is 1. The molecule has 170 valence electrons. The Morgan fingerprint density at radius 3 is 2.61 bits per heavy atom. The van der Waals surface area contributed by atoms with E-state index in [-0.39, 0.29) is 0 Å². The maximum Gasteiger partial charge on any atom is 0.227 e. The zero-order valence-corrected chi connectivity index (χ0v) is 19.2. The molecule has 0 spiro atoms. The Kier molecular flexibility index (Phi) is 5.51. The number of nitrogen functional groups attached to an aromatic ring is 1. The van der Waals surface area contributed by atoms with Crippen molar-refractivity contribution in [1.29, 1.82) is 0 Å². The summed E-state index contributed by atoms with van der Waals surface area (Å²) in [4.78, 5) is 13.8. The lowest BCUT2D eigenvalue weighted by Crippen LogP contribution is -2.44. The molecule has 8 nitrogen and oxygen atoms in total. The predicted octanol–water partition coefficient (Wildman–Crippen LogP) is 3.72. The van der Waals surface area contributed by atoms with Crippen molar-refractivity contribution in [2.75, 3.05) is 56.3 Å². The molecule has 0 bridgehead atoms. The van der Waals surface area contributed by atoms with E-state index in [4.69, 9.17) is 15.5 Å². The lowest BCUT2D eigenvalue weighted by atomic mass is 10.1. The molecule has 4 aromatic rings. The van der Waals surface area contributed by atoms with Crippen molar-refractivity contribution in [2.24, 2.45) is 7.05 Å². The summed E-state index contributed by atoms with van der Waals surface area (Å²) >= 11 is 0. The van der Waals surface area contributed by atoms with E-state index < -0.39 is 0 Å². The lowest BCUT2D eigenvalue weighted by Gasteiger charge is -2.35. The standard InChI is InChI=1S/C25H29N7O/c1-30-10-12-32(13-11-30)23-15-24(33-3)21(14-19(23)26)29-25-27-9-8-20(28-25)18-16-31(2)22-7-5-4-6-17(18)22/h4-9,14-16H,10-13,26H2,1-3H3,(H,27,28,29). The van der Waals surface area contributed by atoms with Gasteiger partial charge < -0.3 is 30.2 Å². The van der Waals surface area contributed by atoms with Crippen molar-refractivity contribution in [3.63, 3.8) is 0 Å². The van der Waals surface area contributed by atoms with Gasteiger partial charge in [-0.2, -0.15) is 0 Å². The Morgan fingerprint density at radius 2 is 1.82 bits per heavy atom. The topological polar surface area (TPSA) is 84.5 Å². The normalized spacial score (nSPS) is 14.6. The number of rotatable bonds is 5. The summed E-state index contributed by atoms with van der Waals surface area (Å²) < 4.78 is 7.80. The number of fused-ring (bicyclic) bond motifs is 1. The number of methoxy groups -OCH3 is 1. The van der Waals surface area contributed by atoms with E-state index in [0.29, 0.717) is 17.4 Å². The van der Waals surface area contributed by atoms with Gasteiger partial charge in [0.15, 0.2) is 0 Å². The zero-order chi connectivity index (χ0) is 22.9. The Morgan fingerprint density at radius 1 is 1.03 bits per heavy atom. The van der Waals surface area contributed by atoms with Crippen LogP contribution in [0.25, 0.3) is 22.2 Å². The van der Waals surface area contributed by atoms with Gasteiger partial charge in [-0.1, -0.05) is 18.2 Å². The number of aromatic nitrogens is 3. The van der Waals surface area contributed by atoms with Gasteiger partial charge >= 0.3 is 0 Å². The summed E-state index contributed by atoms with van der Waals surface area (Å²) in [6.07, 6.45) is 3.86. The number of hydrogen-bond acceptors (Lipinski definition) is 7. The van der Waals surface area contributed by atoms with E-state index in [2.05, 4.69) is 50.0 Å².